The lowest BCUT2D eigenvalue weighted by molar-refractivity contribution is -0.692. The standard InChI is InChI=1S/C12H21NO2.C2H2O4/c1-12(2,3)15-11(14)10-7-8-5-4-6-9(8)13-10;3-1(4)2(5)6/h8-10,13H,4-7H2,1-3H3;(H,3,4)(H,5,6)/t8-,9-,10-;/m0./s1. The molecule has 1 saturated carbocycles. The average molecular weight is 301 g/mol. The number of fused-ring (bicyclic) bond motifs is 1. The number of nitrogens with two attached hydrogens (primary N) is 1. The lowest BCUT2D eigenvalue weighted by Crippen LogP contribution is -2.93. The summed E-state index contributed by atoms with van der Waals surface area (Å²) >= 11 is 0. The van der Waals surface area contributed by atoms with Crippen LogP contribution in [0.1, 0.15) is 46.5 Å². The van der Waals surface area contributed by atoms with Gasteiger partial charge in [-0.25, -0.2) is 9.59 Å². The van der Waals surface area contributed by atoms with E-state index in [0.717, 1.165) is 12.3 Å². The number of rotatable bonds is 1. The summed E-state index contributed by atoms with van der Waals surface area (Å²) in [6.07, 6.45) is 4.96. The fraction of sp³-hybridized carbons (Fsp3) is 0.786. The van der Waals surface area contributed by atoms with E-state index in [1.807, 2.05) is 20.8 Å². The maximum atomic E-state index is 11.8. The third-order valence-electron chi connectivity index (χ3n) is 3.64. The zero-order chi connectivity index (χ0) is 16.2. The summed E-state index contributed by atoms with van der Waals surface area (Å²) in [4.78, 5) is 29.9. The molecular formula is C14H23NO6. The van der Waals surface area contributed by atoms with Crippen LogP contribution in [0.2, 0.25) is 0 Å². The van der Waals surface area contributed by atoms with Crippen LogP contribution in [-0.4, -0.2) is 40.7 Å². The SMILES string of the molecule is CC(C)(C)OC(=O)[C@@H]1C[C@@H]2CCC[C@@H]2[NH2+]1.O=C([O-])C(=O)O. The molecule has 1 aliphatic carbocycles. The molecule has 0 amide bonds. The van der Waals surface area contributed by atoms with Gasteiger partial charge in [0, 0.05) is 12.3 Å². The van der Waals surface area contributed by atoms with Gasteiger partial charge in [-0.15, -0.1) is 0 Å². The van der Waals surface area contributed by atoms with Crippen molar-refractivity contribution in [3.05, 3.63) is 0 Å². The van der Waals surface area contributed by atoms with E-state index in [2.05, 4.69) is 5.32 Å². The van der Waals surface area contributed by atoms with Gasteiger partial charge in [-0.05, 0) is 40.0 Å². The van der Waals surface area contributed by atoms with Crippen molar-refractivity contribution in [3.63, 3.8) is 0 Å². The van der Waals surface area contributed by atoms with E-state index in [0.29, 0.717) is 6.04 Å². The number of hydrogen-bond acceptors (Lipinski definition) is 5. The van der Waals surface area contributed by atoms with Crippen LogP contribution in [-0.2, 0) is 19.1 Å². The van der Waals surface area contributed by atoms with Gasteiger partial charge in [-0.1, -0.05) is 0 Å². The van der Waals surface area contributed by atoms with Crippen LogP contribution in [0.4, 0.5) is 0 Å². The van der Waals surface area contributed by atoms with Crippen LogP contribution >= 0.6 is 0 Å². The fourth-order valence-corrected chi connectivity index (χ4v) is 2.87. The Morgan fingerprint density at radius 1 is 1.24 bits per heavy atom. The highest BCUT2D eigenvalue weighted by Gasteiger charge is 2.45. The number of carboxylic acids is 2. The van der Waals surface area contributed by atoms with E-state index in [-0.39, 0.29) is 17.6 Å². The molecule has 0 aromatic heterocycles. The van der Waals surface area contributed by atoms with Gasteiger partial charge in [0.2, 0.25) is 0 Å². The molecule has 0 unspecified atom stereocenters. The first kappa shape index (κ1) is 17.4. The molecule has 0 radical (unpaired) electrons. The third-order valence-corrected chi connectivity index (χ3v) is 3.64. The predicted molar refractivity (Wildman–Crippen MR) is 69.9 cm³/mol. The molecule has 3 N–H and O–H groups in total. The first-order valence-electron chi connectivity index (χ1n) is 7.12. The molecule has 1 heterocycles. The molecule has 7 nitrogen and oxygen atoms in total. The van der Waals surface area contributed by atoms with Crippen molar-refractivity contribution in [1.29, 1.82) is 0 Å². The van der Waals surface area contributed by atoms with Crippen molar-refractivity contribution in [2.45, 2.75) is 64.1 Å². The molecule has 2 fully saturated rings. The van der Waals surface area contributed by atoms with Gasteiger partial charge < -0.3 is 25.1 Å². The Balaban J connectivity index is 0.000000315. The molecule has 120 valence electrons. The van der Waals surface area contributed by atoms with E-state index >= 15 is 0 Å². The van der Waals surface area contributed by atoms with Crippen LogP contribution in [0, 0.1) is 5.92 Å². The number of hydrogen-bond donors (Lipinski definition) is 2. The summed E-state index contributed by atoms with van der Waals surface area (Å²) in [7, 11) is 0. The normalized spacial score (nSPS) is 27.3. The second-order valence-corrected chi connectivity index (χ2v) is 6.52. The maximum Gasteiger partial charge on any atom is 0.365 e. The zero-order valence-corrected chi connectivity index (χ0v) is 12.6. The fourth-order valence-electron chi connectivity index (χ4n) is 2.87. The van der Waals surface area contributed by atoms with Crippen LogP contribution in [0.3, 0.4) is 0 Å². The molecule has 2 aliphatic rings. The topological polar surface area (TPSA) is 120 Å². The van der Waals surface area contributed by atoms with Gasteiger partial charge in [0.05, 0.1) is 6.04 Å². The molecule has 1 saturated heterocycles. The Hall–Kier alpha value is -1.63. The van der Waals surface area contributed by atoms with Crippen molar-refractivity contribution >= 4 is 17.9 Å². The Bertz CT molecular complexity index is 390. The number of carbonyl (C=O) groups excluding carboxylic acids is 2. The van der Waals surface area contributed by atoms with Crippen molar-refractivity contribution in [2.75, 3.05) is 0 Å². The summed E-state index contributed by atoms with van der Waals surface area (Å²) in [6, 6.07) is 0.766. The second-order valence-electron chi connectivity index (χ2n) is 6.52. The summed E-state index contributed by atoms with van der Waals surface area (Å²) in [5.41, 5.74) is -0.345. The highest BCUT2D eigenvalue weighted by Crippen LogP contribution is 2.30. The molecule has 0 aromatic rings. The van der Waals surface area contributed by atoms with E-state index in [1.54, 1.807) is 0 Å². The zero-order valence-electron chi connectivity index (χ0n) is 12.6. The van der Waals surface area contributed by atoms with Crippen LogP contribution in [0.25, 0.3) is 0 Å². The van der Waals surface area contributed by atoms with E-state index < -0.39 is 11.9 Å². The minimum atomic E-state index is -2.07. The number of carbonyl (C=O) groups is 3. The molecule has 2 rings (SSSR count). The number of ether oxygens (including phenoxy) is 1. The Morgan fingerprint density at radius 3 is 2.24 bits per heavy atom. The largest absolute Gasteiger partial charge is 0.539 e. The summed E-state index contributed by atoms with van der Waals surface area (Å²) in [5.74, 6) is -3.26. The third kappa shape index (κ3) is 5.71. The first-order chi connectivity index (χ1) is 9.60. The molecule has 7 heteroatoms. The van der Waals surface area contributed by atoms with Gasteiger partial charge in [0.15, 0.2) is 12.0 Å². The summed E-state index contributed by atoms with van der Waals surface area (Å²) < 4.78 is 5.42. The van der Waals surface area contributed by atoms with Crippen molar-refractivity contribution in [1.82, 2.24) is 0 Å². The number of carboxylic acid groups (broad SMARTS) is 2. The molecule has 1 aliphatic heterocycles. The first-order valence-corrected chi connectivity index (χ1v) is 7.12. The summed E-state index contributed by atoms with van der Waals surface area (Å²) in [6.45, 7) is 5.79. The van der Waals surface area contributed by atoms with E-state index in [1.165, 1.54) is 19.3 Å². The molecule has 3 atom stereocenters. The highest BCUT2D eigenvalue weighted by molar-refractivity contribution is 6.26. The average Bonchev–Trinajstić information content (AvgIpc) is 2.86. The maximum absolute atomic E-state index is 11.8. The van der Waals surface area contributed by atoms with Gasteiger partial charge in [-0.2, -0.15) is 0 Å². The molecule has 21 heavy (non-hydrogen) atoms. The second kappa shape index (κ2) is 6.89. The highest BCUT2D eigenvalue weighted by atomic mass is 16.6. The number of esters is 1. The monoisotopic (exact) mass is 301 g/mol. The molecule has 0 spiro atoms. The van der Waals surface area contributed by atoms with Gasteiger partial charge in [0.25, 0.3) is 0 Å². The van der Waals surface area contributed by atoms with Crippen molar-refractivity contribution in [3.8, 4) is 0 Å². The number of aliphatic carboxylic acids is 2. The van der Waals surface area contributed by atoms with Gasteiger partial charge >= 0.3 is 11.9 Å². The minimum Gasteiger partial charge on any atom is -0.539 e. The molecule has 0 aromatic carbocycles. The van der Waals surface area contributed by atoms with E-state index in [9.17, 15) is 4.79 Å². The van der Waals surface area contributed by atoms with Gasteiger partial charge in [-0.3, -0.25) is 0 Å². The predicted octanol–water partition coefficient (Wildman–Crippen LogP) is -1.35. The Kier molecular flexibility index (Phi) is 5.71. The van der Waals surface area contributed by atoms with Crippen molar-refractivity contribution < 1.29 is 34.7 Å². The smallest absolute Gasteiger partial charge is 0.365 e. The quantitative estimate of drug-likeness (QED) is 0.456. The van der Waals surface area contributed by atoms with E-state index in [4.69, 9.17) is 24.5 Å². The van der Waals surface area contributed by atoms with Crippen LogP contribution in [0.5, 0.6) is 0 Å². The van der Waals surface area contributed by atoms with Crippen molar-refractivity contribution in [2.24, 2.45) is 5.92 Å². The lowest BCUT2D eigenvalue weighted by atomic mass is 10.0. The Morgan fingerprint density at radius 2 is 1.81 bits per heavy atom. The minimum absolute atomic E-state index is 0.0168. The Labute approximate surface area is 123 Å². The van der Waals surface area contributed by atoms with Crippen LogP contribution in [0.15, 0.2) is 0 Å². The number of quaternary nitrogens is 1. The van der Waals surface area contributed by atoms with Gasteiger partial charge in [0.1, 0.15) is 5.60 Å². The molecule has 0 bridgehead atoms. The lowest BCUT2D eigenvalue weighted by Gasteiger charge is -2.21. The van der Waals surface area contributed by atoms with Crippen LogP contribution < -0.4 is 10.4 Å². The molecular weight excluding hydrogens is 278 g/mol. The summed E-state index contributed by atoms with van der Waals surface area (Å²) in [5, 5.41) is 18.6.